The molecule has 0 fully saturated rings. The van der Waals surface area contributed by atoms with Crippen LogP contribution < -0.4 is 16.0 Å². The molecule has 1 aromatic heterocycles. The van der Waals surface area contributed by atoms with E-state index >= 15 is 0 Å². The van der Waals surface area contributed by atoms with E-state index in [0.29, 0.717) is 32.0 Å². The van der Waals surface area contributed by atoms with Crippen molar-refractivity contribution in [3.8, 4) is 11.3 Å². The van der Waals surface area contributed by atoms with Gasteiger partial charge in [-0.2, -0.15) is 0 Å². The number of hydrogen-bond donors (Lipinski definition) is 3. The molecule has 3 amide bonds. The van der Waals surface area contributed by atoms with Gasteiger partial charge in [-0.15, -0.1) is 23.1 Å². The van der Waals surface area contributed by atoms with E-state index in [-0.39, 0.29) is 11.6 Å². The highest BCUT2D eigenvalue weighted by Gasteiger charge is 2.24. The van der Waals surface area contributed by atoms with Crippen LogP contribution in [0.25, 0.3) is 17.3 Å². The number of aryl methyl sites for hydroxylation is 1. The lowest BCUT2D eigenvalue weighted by Gasteiger charge is -2.17. The quantitative estimate of drug-likeness (QED) is 0.0905. The number of nitrogens with one attached hydrogen (secondary N) is 3. The fourth-order valence-corrected chi connectivity index (χ4v) is 7.53. The van der Waals surface area contributed by atoms with Crippen molar-refractivity contribution in [1.82, 2.24) is 10.3 Å². The van der Waals surface area contributed by atoms with Crippen LogP contribution in [0.5, 0.6) is 0 Å². The average Bonchev–Trinajstić information content (AvgIpc) is 3.52. The van der Waals surface area contributed by atoms with Gasteiger partial charge in [0.25, 0.3) is 11.8 Å². The normalized spacial score (nSPS) is 11.8. The Morgan fingerprint density at radius 1 is 0.765 bits per heavy atom. The summed E-state index contributed by atoms with van der Waals surface area (Å²) in [7, 11) is 0. The molecule has 0 aliphatic heterocycles. The van der Waals surface area contributed by atoms with E-state index in [4.69, 9.17) is 28.2 Å². The van der Waals surface area contributed by atoms with Gasteiger partial charge in [0.1, 0.15) is 10.9 Å². The summed E-state index contributed by atoms with van der Waals surface area (Å²) in [4.78, 5) is 47.2. The molecule has 3 N–H and O–H groups in total. The summed E-state index contributed by atoms with van der Waals surface area (Å²) >= 11 is 15.6. The van der Waals surface area contributed by atoms with E-state index in [0.717, 1.165) is 26.6 Å². The zero-order valence-corrected chi connectivity index (χ0v) is 30.2. The van der Waals surface area contributed by atoms with Crippen molar-refractivity contribution in [3.63, 3.8) is 0 Å². The molecule has 6 aromatic rings. The molecule has 0 saturated carbocycles. The summed E-state index contributed by atoms with van der Waals surface area (Å²) in [5.41, 5.74) is 3.75. The van der Waals surface area contributed by atoms with Gasteiger partial charge in [0.15, 0.2) is 5.13 Å². The molecule has 0 aliphatic rings. The molecule has 7 nitrogen and oxygen atoms in total. The standard InChI is InChI=1S/C40H30Cl2N4O3S2/c1-25-35(26-13-5-2-6-14-26)45-40(50-25)46-39(49)36(27-15-7-3-8-16-27)51-30-20-11-19-29(23-30)43-38(48)34(24-31-32(41)21-12-22-33(31)42)44-37(47)28-17-9-4-10-18-28/h2-24,36H,1H3,(H,43,48)(H,44,47)(H,45,46,49)/b34-24+. The predicted molar refractivity (Wildman–Crippen MR) is 209 cm³/mol. The van der Waals surface area contributed by atoms with Crippen LogP contribution >= 0.6 is 46.3 Å². The first-order valence-corrected chi connectivity index (χ1v) is 18.2. The molecule has 0 aliphatic carbocycles. The Hall–Kier alpha value is -5.19. The van der Waals surface area contributed by atoms with Crippen molar-refractivity contribution in [2.75, 3.05) is 10.6 Å². The first-order valence-electron chi connectivity index (χ1n) is 15.7. The van der Waals surface area contributed by atoms with Gasteiger partial charge in [-0.3, -0.25) is 14.4 Å². The van der Waals surface area contributed by atoms with Crippen LogP contribution in [0.1, 0.15) is 31.6 Å². The van der Waals surface area contributed by atoms with Gasteiger partial charge in [0.2, 0.25) is 5.91 Å². The molecule has 1 heterocycles. The van der Waals surface area contributed by atoms with Gasteiger partial charge >= 0.3 is 0 Å². The summed E-state index contributed by atoms with van der Waals surface area (Å²) in [6.45, 7) is 1.98. The number of nitrogens with zero attached hydrogens (tertiary/aromatic N) is 1. The van der Waals surface area contributed by atoms with Gasteiger partial charge in [0, 0.05) is 42.2 Å². The van der Waals surface area contributed by atoms with Crippen LogP contribution in [0.3, 0.4) is 0 Å². The Balaban J connectivity index is 1.24. The molecular formula is C40H30Cl2N4O3S2. The largest absolute Gasteiger partial charge is 0.321 e. The number of thioether (sulfide) groups is 1. The molecule has 1 unspecified atom stereocenters. The van der Waals surface area contributed by atoms with Gasteiger partial charge in [0.05, 0.1) is 5.69 Å². The maximum Gasteiger partial charge on any atom is 0.272 e. The lowest BCUT2D eigenvalue weighted by Crippen LogP contribution is -2.30. The number of carbonyl (C=O) groups excluding carboxylic acids is 3. The van der Waals surface area contributed by atoms with Crippen molar-refractivity contribution in [3.05, 3.63) is 171 Å². The van der Waals surface area contributed by atoms with Crippen LogP contribution in [-0.4, -0.2) is 22.7 Å². The van der Waals surface area contributed by atoms with Gasteiger partial charge < -0.3 is 16.0 Å². The zero-order chi connectivity index (χ0) is 35.7. The first-order chi connectivity index (χ1) is 24.7. The summed E-state index contributed by atoms with van der Waals surface area (Å²) in [6, 6.07) is 40.0. The summed E-state index contributed by atoms with van der Waals surface area (Å²) in [6.07, 6.45) is 1.44. The Labute approximate surface area is 313 Å². The number of amides is 3. The van der Waals surface area contributed by atoms with Crippen LogP contribution in [0, 0.1) is 6.92 Å². The molecule has 0 spiro atoms. The minimum atomic E-state index is -0.635. The number of anilines is 2. The predicted octanol–water partition coefficient (Wildman–Crippen LogP) is 10.3. The summed E-state index contributed by atoms with van der Waals surface area (Å²) in [5, 5.41) is 9.11. The van der Waals surface area contributed by atoms with E-state index in [1.54, 1.807) is 66.7 Å². The van der Waals surface area contributed by atoms with E-state index in [1.165, 1.54) is 29.2 Å². The van der Waals surface area contributed by atoms with Gasteiger partial charge in [-0.25, -0.2) is 4.98 Å². The molecule has 1 atom stereocenters. The maximum atomic E-state index is 13.9. The van der Waals surface area contributed by atoms with Gasteiger partial charge in [-0.1, -0.05) is 114 Å². The molecule has 5 aromatic carbocycles. The number of benzene rings is 5. The highest BCUT2D eigenvalue weighted by Crippen LogP contribution is 2.38. The van der Waals surface area contributed by atoms with Crippen molar-refractivity contribution >= 4 is 80.9 Å². The number of aromatic nitrogens is 1. The Kier molecular flexibility index (Phi) is 11.7. The second kappa shape index (κ2) is 16.7. The van der Waals surface area contributed by atoms with Crippen LogP contribution in [0.2, 0.25) is 10.0 Å². The van der Waals surface area contributed by atoms with Gasteiger partial charge in [-0.05, 0) is 61.0 Å². The molecule has 6 rings (SSSR count). The lowest BCUT2D eigenvalue weighted by atomic mass is 10.1. The van der Waals surface area contributed by atoms with E-state index < -0.39 is 17.1 Å². The fraction of sp³-hybridized carbons (Fsp3) is 0.0500. The van der Waals surface area contributed by atoms with E-state index in [9.17, 15) is 14.4 Å². The SMILES string of the molecule is Cc1sc(NC(=O)C(Sc2cccc(NC(=O)/C(=C\c3c(Cl)cccc3Cl)NC(=O)c3ccccc3)c2)c2ccccc2)nc1-c1ccccc1. The highest BCUT2D eigenvalue weighted by atomic mass is 35.5. The van der Waals surface area contributed by atoms with Crippen molar-refractivity contribution in [1.29, 1.82) is 0 Å². The summed E-state index contributed by atoms with van der Waals surface area (Å²) in [5.74, 6) is -1.31. The third kappa shape index (κ3) is 9.14. The minimum Gasteiger partial charge on any atom is -0.321 e. The number of thiazole rings is 1. The molecule has 254 valence electrons. The Bertz CT molecular complexity index is 2190. The van der Waals surface area contributed by atoms with Crippen LogP contribution in [0.4, 0.5) is 10.8 Å². The molecule has 0 saturated heterocycles. The number of rotatable bonds is 11. The molecule has 11 heteroatoms. The maximum absolute atomic E-state index is 13.9. The smallest absolute Gasteiger partial charge is 0.272 e. The fourth-order valence-electron chi connectivity index (χ4n) is 5.10. The zero-order valence-electron chi connectivity index (χ0n) is 27.1. The molecule has 0 bridgehead atoms. The van der Waals surface area contributed by atoms with Crippen molar-refractivity contribution < 1.29 is 14.4 Å². The average molecular weight is 750 g/mol. The first kappa shape index (κ1) is 35.6. The number of hydrogen-bond acceptors (Lipinski definition) is 6. The second-order valence-corrected chi connectivity index (χ2v) is 14.4. The van der Waals surface area contributed by atoms with E-state index in [2.05, 4.69) is 16.0 Å². The third-order valence-corrected chi connectivity index (χ3v) is 10.4. The Morgan fingerprint density at radius 3 is 2.08 bits per heavy atom. The Morgan fingerprint density at radius 2 is 1.39 bits per heavy atom. The molecular weight excluding hydrogens is 720 g/mol. The monoisotopic (exact) mass is 748 g/mol. The lowest BCUT2D eigenvalue weighted by molar-refractivity contribution is -0.116. The van der Waals surface area contributed by atoms with Crippen LogP contribution in [-0.2, 0) is 9.59 Å². The molecule has 51 heavy (non-hydrogen) atoms. The topological polar surface area (TPSA) is 100 Å². The highest BCUT2D eigenvalue weighted by molar-refractivity contribution is 8.00. The van der Waals surface area contributed by atoms with Crippen molar-refractivity contribution in [2.45, 2.75) is 17.1 Å². The number of halogens is 2. The van der Waals surface area contributed by atoms with Crippen LogP contribution in [0.15, 0.2) is 144 Å². The minimum absolute atomic E-state index is 0.0629. The van der Waals surface area contributed by atoms with Crippen molar-refractivity contribution in [2.24, 2.45) is 0 Å². The summed E-state index contributed by atoms with van der Waals surface area (Å²) < 4.78 is 0. The second-order valence-electron chi connectivity index (χ2n) is 11.2. The van der Waals surface area contributed by atoms with E-state index in [1.807, 2.05) is 73.7 Å². The third-order valence-electron chi connectivity index (χ3n) is 7.58. The molecule has 0 radical (unpaired) electrons. The number of carbonyl (C=O) groups is 3.